The summed E-state index contributed by atoms with van der Waals surface area (Å²) in [5.74, 6) is -0.206. The number of carbonyl (C=O) groups excluding carboxylic acids is 1. The SMILES string of the molecule is CC(C)n1cc(Cl)cc1C(=O)Nc1ccc(CO)cc1. The largest absolute Gasteiger partial charge is 0.392 e. The van der Waals surface area contributed by atoms with Crippen LogP contribution in [0.3, 0.4) is 0 Å². The molecule has 0 atom stereocenters. The number of hydrogen-bond donors (Lipinski definition) is 2. The van der Waals surface area contributed by atoms with Gasteiger partial charge in [-0.25, -0.2) is 0 Å². The van der Waals surface area contributed by atoms with Crippen molar-refractivity contribution in [3.05, 3.63) is 52.8 Å². The average Bonchev–Trinajstić information content (AvgIpc) is 2.82. The maximum atomic E-state index is 12.3. The molecule has 0 saturated heterocycles. The smallest absolute Gasteiger partial charge is 0.272 e. The normalized spacial score (nSPS) is 10.8. The minimum Gasteiger partial charge on any atom is -0.392 e. The van der Waals surface area contributed by atoms with Crippen molar-refractivity contribution in [3.8, 4) is 0 Å². The van der Waals surface area contributed by atoms with Crippen molar-refractivity contribution < 1.29 is 9.90 Å². The zero-order valence-corrected chi connectivity index (χ0v) is 12.2. The highest BCUT2D eigenvalue weighted by Gasteiger charge is 2.15. The number of halogens is 1. The summed E-state index contributed by atoms with van der Waals surface area (Å²) >= 11 is 5.97. The molecule has 0 aliphatic carbocycles. The van der Waals surface area contributed by atoms with E-state index in [1.165, 1.54) is 0 Å². The Balaban J connectivity index is 2.19. The molecule has 1 amide bonds. The van der Waals surface area contributed by atoms with Crippen LogP contribution in [0.4, 0.5) is 5.69 Å². The Morgan fingerprint density at radius 3 is 2.55 bits per heavy atom. The number of amides is 1. The number of aromatic nitrogens is 1. The minimum atomic E-state index is -0.206. The number of rotatable bonds is 4. The third kappa shape index (κ3) is 3.21. The molecule has 0 bridgehead atoms. The maximum absolute atomic E-state index is 12.3. The van der Waals surface area contributed by atoms with Crippen molar-refractivity contribution in [2.75, 3.05) is 5.32 Å². The highest BCUT2D eigenvalue weighted by Crippen LogP contribution is 2.20. The van der Waals surface area contributed by atoms with E-state index in [0.717, 1.165) is 5.56 Å². The summed E-state index contributed by atoms with van der Waals surface area (Å²) < 4.78 is 1.83. The van der Waals surface area contributed by atoms with Crippen LogP contribution in [0.2, 0.25) is 5.02 Å². The van der Waals surface area contributed by atoms with Gasteiger partial charge < -0.3 is 15.0 Å². The molecule has 0 saturated carbocycles. The monoisotopic (exact) mass is 292 g/mol. The van der Waals surface area contributed by atoms with Gasteiger partial charge in [0.1, 0.15) is 5.69 Å². The molecule has 1 heterocycles. The van der Waals surface area contributed by atoms with Crippen molar-refractivity contribution in [2.45, 2.75) is 26.5 Å². The molecular weight excluding hydrogens is 276 g/mol. The van der Waals surface area contributed by atoms with Crippen molar-refractivity contribution in [1.29, 1.82) is 0 Å². The Morgan fingerprint density at radius 2 is 2.00 bits per heavy atom. The predicted molar refractivity (Wildman–Crippen MR) is 80.1 cm³/mol. The van der Waals surface area contributed by atoms with E-state index in [1.54, 1.807) is 36.5 Å². The molecular formula is C15H17ClN2O2. The molecule has 2 rings (SSSR count). The van der Waals surface area contributed by atoms with E-state index in [-0.39, 0.29) is 18.6 Å². The summed E-state index contributed by atoms with van der Waals surface area (Å²) in [7, 11) is 0. The molecule has 0 aliphatic heterocycles. The van der Waals surface area contributed by atoms with Crippen molar-refractivity contribution in [2.24, 2.45) is 0 Å². The van der Waals surface area contributed by atoms with Crippen LogP contribution in [0.25, 0.3) is 0 Å². The maximum Gasteiger partial charge on any atom is 0.272 e. The Kier molecular flexibility index (Phi) is 4.47. The molecule has 0 spiro atoms. The summed E-state index contributed by atoms with van der Waals surface area (Å²) in [5, 5.41) is 12.3. The summed E-state index contributed by atoms with van der Waals surface area (Å²) in [5.41, 5.74) is 2.01. The molecule has 20 heavy (non-hydrogen) atoms. The van der Waals surface area contributed by atoms with Gasteiger partial charge in [-0.15, -0.1) is 0 Å². The summed E-state index contributed by atoms with van der Waals surface area (Å²) in [6, 6.07) is 8.86. The number of anilines is 1. The molecule has 1 aromatic carbocycles. The van der Waals surface area contributed by atoms with Crippen LogP contribution in [-0.4, -0.2) is 15.6 Å². The van der Waals surface area contributed by atoms with E-state index in [2.05, 4.69) is 5.32 Å². The molecule has 1 aromatic heterocycles. The number of benzene rings is 1. The Bertz CT molecular complexity index is 603. The lowest BCUT2D eigenvalue weighted by Crippen LogP contribution is -2.17. The van der Waals surface area contributed by atoms with Crippen molar-refractivity contribution >= 4 is 23.2 Å². The highest BCUT2D eigenvalue weighted by atomic mass is 35.5. The average molecular weight is 293 g/mol. The predicted octanol–water partition coefficient (Wildman–Crippen LogP) is 3.47. The van der Waals surface area contributed by atoms with Crippen molar-refractivity contribution in [1.82, 2.24) is 4.57 Å². The number of aliphatic hydroxyl groups excluding tert-OH is 1. The van der Waals surface area contributed by atoms with Gasteiger partial charge in [0.25, 0.3) is 5.91 Å². The highest BCUT2D eigenvalue weighted by molar-refractivity contribution is 6.31. The zero-order chi connectivity index (χ0) is 14.7. The molecule has 0 fully saturated rings. The molecule has 0 unspecified atom stereocenters. The third-order valence-electron chi connectivity index (χ3n) is 3.00. The first-order valence-corrected chi connectivity index (χ1v) is 6.77. The zero-order valence-electron chi connectivity index (χ0n) is 11.4. The number of nitrogens with zero attached hydrogens (tertiary/aromatic N) is 1. The Labute approximate surface area is 123 Å². The first kappa shape index (κ1) is 14.6. The first-order valence-electron chi connectivity index (χ1n) is 6.39. The second kappa shape index (κ2) is 6.11. The summed E-state index contributed by atoms with van der Waals surface area (Å²) in [4.78, 5) is 12.3. The summed E-state index contributed by atoms with van der Waals surface area (Å²) in [6.45, 7) is 3.96. The number of hydrogen-bond acceptors (Lipinski definition) is 2. The Morgan fingerprint density at radius 1 is 1.35 bits per heavy atom. The Hall–Kier alpha value is -1.78. The second-order valence-corrected chi connectivity index (χ2v) is 5.29. The van der Waals surface area contributed by atoms with Crippen molar-refractivity contribution in [3.63, 3.8) is 0 Å². The van der Waals surface area contributed by atoms with E-state index in [1.807, 2.05) is 18.4 Å². The number of nitrogens with one attached hydrogen (secondary N) is 1. The van der Waals surface area contributed by atoms with E-state index in [4.69, 9.17) is 16.7 Å². The van der Waals surface area contributed by atoms with Crippen LogP contribution < -0.4 is 5.32 Å². The molecule has 0 radical (unpaired) electrons. The lowest BCUT2D eigenvalue weighted by Gasteiger charge is -2.12. The van der Waals surface area contributed by atoms with E-state index in [9.17, 15) is 4.79 Å². The second-order valence-electron chi connectivity index (χ2n) is 4.85. The van der Waals surface area contributed by atoms with Gasteiger partial charge in [-0.2, -0.15) is 0 Å². The van der Waals surface area contributed by atoms with Gasteiger partial charge in [-0.05, 0) is 37.6 Å². The van der Waals surface area contributed by atoms with Gasteiger partial charge in [0.15, 0.2) is 0 Å². The van der Waals surface area contributed by atoms with Crippen LogP contribution in [0.15, 0.2) is 36.5 Å². The lowest BCUT2D eigenvalue weighted by molar-refractivity contribution is 0.101. The van der Waals surface area contributed by atoms with Crippen LogP contribution in [0.1, 0.15) is 35.9 Å². The van der Waals surface area contributed by atoms with Gasteiger partial charge in [0, 0.05) is 17.9 Å². The fourth-order valence-corrected chi connectivity index (χ4v) is 2.15. The van der Waals surface area contributed by atoms with Crippen LogP contribution in [0.5, 0.6) is 0 Å². The van der Waals surface area contributed by atoms with E-state index in [0.29, 0.717) is 16.4 Å². The first-order chi connectivity index (χ1) is 9.51. The van der Waals surface area contributed by atoms with Gasteiger partial charge in [0.2, 0.25) is 0 Å². The topological polar surface area (TPSA) is 54.3 Å². The third-order valence-corrected chi connectivity index (χ3v) is 3.21. The molecule has 2 N–H and O–H groups in total. The van der Waals surface area contributed by atoms with E-state index < -0.39 is 0 Å². The minimum absolute atomic E-state index is 0.0139. The van der Waals surface area contributed by atoms with E-state index >= 15 is 0 Å². The molecule has 106 valence electrons. The standard InChI is InChI=1S/C15H17ClN2O2/c1-10(2)18-8-12(16)7-14(18)15(20)17-13-5-3-11(9-19)4-6-13/h3-8,10,19H,9H2,1-2H3,(H,17,20). The molecule has 4 nitrogen and oxygen atoms in total. The van der Waals surface area contributed by atoms with Gasteiger partial charge in [-0.3, -0.25) is 4.79 Å². The number of aliphatic hydroxyl groups is 1. The van der Waals surface area contributed by atoms with Gasteiger partial charge >= 0.3 is 0 Å². The number of carbonyl (C=O) groups is 1. The molecule has 5 heteroatoms. The fourth-order valence-electron chi connectivity index (χ4n) is 1.94. The van der Waals surface area contributed by atoms with Crippen LogP contribution >= 0.6 is 11.6 Å². The van der Waals surface area contributed by atoms with Crippen LogP contribution in [0, 0.1) is 0 Å². The van der Waals surface area contributed by atoms with Gasteiger partial charge in [-0.1, -0.05) is 23.7 Å². The quantitative estimate of drug-likeness (QED) is 0.906. The lowest BCUT2D eigenvalue weighted by atomic mass is 10.2. The fraction of sp³-hybridized carbons (Fsp3) is 0.267. The summed E-state index contributed by atoms with van der Waals surface area (Å²) in [6.07, 6.45) is 1.75. The van der Waals surface area contributed by atoms with Gasteiger partial charge in [0.05, 0.1) is 11.6 Å². The molecule has 2 aromatic rings. The molecule has 0 aliphatic rings. The van der Waals surface area contributed by atoms with Crippen LogP contribution in [-0.2, 0) is 6.61 Å².